The molecule has 3 N–H and O–H groups in total. The first-order valence-electron chi connectivity index (χ1n) is 7.54. The highest BCUT2D eigenvalue weighted by atomic mass is 32.1. The first kappa shape index (κ1) is 17.2. The number of para-hydroxylation sites is 1. The molecule has 2 aromatic carbocycles. The van der Waals surface area contributed by atoms with Crippen LogP contribution in [-0.4, -0.2) is 17.6 Å². The average molecular weight is 371 g/mol. The zero-order valence-electron chi connectivity index (χ0n) is 13.8. The summed E-state index contributed by atoms with van der Waals surface area (Å²) >= 11 is 6.59. The summed E-state index contributed by atoms with van der Waals surface area (Å²) in [6.07, 6.45) is 0. The van der Waals surface area contributed by atoms with Crippen molar-refractivity contribution in [3.8, 4) is 11.4 Å². The predicted molar refractivity (Wildman–Crippen MR) is 105 cm³/mol. The van der Waals surface area contributed by atoms with Crippen molar-refractivity contribution in [2.75, 3.05) is 18.2 Å². The van der Waals surface area contributed by atoms with E-state index in [1.54, 1.807) is 11.7 Å². The van der Waals surface area contributed by atoms with E-state index in [4.69, 9.17) is 22.7 Å². The van der Waals surface area contributed by atoms with Crippen LogP contribution in [-0.2, 0) is 0 Å². The highest BCUT2D eigenvalue weighted by Gasteiger charge is 2.19. The minimum Gasteiger partial charge on any atom is -0.497 e. The van der Waals surface area contributed by atoms with Crippen molar-refractivity contribution in [2.45, 2.75) is 6.92 Å². The van der Waals surface area contributed by atoms with Crippen LogP contribution in [0, 0.1) is 10.9 Å². The monoisotopic (exact) mass is 371 g/mol. The molecule has 0 aliphatic heterocycles. The Bertz CT molecular complexity index is 992. The summed E-state index contributed by atoms with van der Waals surface area (Å²) in [5.41, 5.74) is 8.71. The molecular weight excluding hydrogens is 354 g/mol. The maximum absolute atomic E-state index is 12.6. The lowest BCUT2D eigenvalue weighted by Crippen LogP contribution is -2.14. The molecule has 3 rings (SSSR count). The summed E-state index contributed by atoms with van der Waals surface area (Å²) in [5.74, 6) is 0.731. The van der Waals surface area contributed by atoms with Crippen molar-refractivity contribution in [1.82, 2.24) is 4.57 Å². The van der Waals surface area contributed by atoms with Crippen LogP contribution in [0.5, 0.6) is 5.75 Å². The third-order valence-corrected chi connectivity index (χ3v) is 5.14. The molecule has 0 fully saturated rings. The lowest BCUT2D eigenvalue weighted by atomic mass is 10.2. The summed E-state index contributed by atoms with van der Waals surface area (Å²) in [4.78, 5) is 13.0. The quantitative estimate of drug-likeness (QED) is 0.666. The van der Waals surface area contributed by atoms with E-state index in [2.05, 4.69) is 5.32 Å². The zero-order chi connectivity index (χ0) is 18.0. The standard InChI is InChI=1S/C18H17N3O2S2/c1-11-6-3-4-9-14(11)20-17(22)15-16(19)21(18(24)25-15)12-7-5-8-13(10-12)23-2/h3-10H,19H2,1-2H3,(H,20,22). The summed E-state index contributed by atoms with van der Waals surface area (Å²) in [6.45, 7) is 1.93. The van der Waals surface area contributed by atoms with Gasteiger partial charge in [0.25, 0.3) is 5.91 Å². The number of amides is 1. The van der Waals surface area contributed by atoms with Gasteiger partial charge in [-0.1, -0.05) is 35.6 Å². The Hall–Kier alpha value is -2.64. The van der Waals surface area contributed by atoms with E-state index in [0.29, 0.717) is 20.4 Å². The third kappa shape index (κ3) is 3.42. The number of carbonyl (C=O) groups excluding carboxylic acids is 1. The Kier molecular flexibility index (Phi) is 4.87. The Labute approximate surface area is 154 Å². The van der Waals surface area contributed by atoms with Gasteiger partial charge in [0.2, 0.25) is 0 Å². The van der Waals surface area contributed by atoms with Gasteiger partial charge in [0.15, 0.2) is 3.95 Å². The molecule has 128 valence electrons. The maximum Gasteiger partial charge on any atom is 0.269 e. The SMILES string of the molecule is COc1cccc(-n2c(N)c(C(=O)Nc3ccccc3C)sc2=S)c1. The van der Waals surface area contributed by atoms with Crippen LogP contribution in [0.15, 0.2) is 48.5 Å². The number of aromatic nitrogens is 1. The summed E-state index contributed by atoms with van der Waals surface area (Å²) in [6, 6.07) is 14.9. The number of anilines is 2. The van der Waals surface area contributed by atoms with E-state index in [1.165, 1.54) is 11.3 Å². The van der Waals surface area contributed by atoms with Crippen LogP contribution < -0.4 is 15.8 Å². The van der Waals surface area contributed by atoms with E-state index in [0.717, 1.165) is 16.9 Å². The molecule has 0 saturated carbocycles. The first-order valence-corrected chi connectivity index (χ1v) is 8.76. The van der Waals surface area contributed by atoms with Crippen molar-refractivity contribution >= 4 is 41.0 Å². The fourth-order valence-corrected chi connectivity index (χ4v) is 3.70. The highest BCUT2D eigenvalue weighted by molar-refractivity contribution is 7.73. The summed E-state index contributed by atoms with van der Waals surface area (Å²) in [5, 5.41) is 2.89. The number of nitrogens with one attached hydrogen (secondary N) is 1. The minimum atomic E-state index is -0.274. The number of rotatable bonds is 4. The average Bonchev–Trinajstić information content (AvgIpc) is 2.91. The number of aryl methyl sites for hydroxylation is 1. The summed E-state index contributed by atoms with van der Waals surface area (Å²) < 4.78 is 7.41. The fourth-order valence-electron chi connectivity index (χ4n) is 2.43. The molecule has 1 heterocycles. The van der Waals surface area contributed by atoms with Crippen LogP contribution in [0.4, 0.5) is 11.5 Å². The lowest BCUT2D eigenvalue weighted by molar-refractivity contribution is 0.103. The molecule has 0 radical (unpaired) electrons. The lowest BCUT2D eigenvalue weighted by Gasteiger charge is -2.09. The van der Waals surface area contributed by atoms with Gasteiger partial charge in [-0.15, -0.1) is 0 Å². The molecule has 0 atom stereocenters. The molecule has 0 spiro atoms. The van der Waals surface area contributed by atoms with Gasteiger partial charge in [-0.3, -0.25) is 9.36 Å². The number of methoxy groups -OCH3 is 1. The number of carbonyl (C=O) groups is 1. The van der Waals surface area contributed by atoms with E-state index in [1.807, 2.05) is 55.5 Å². The van der Waals surface area contributed by atoms with Crippen LogP contribution in [0.1, 0.15) is 15.2 Å². The van der Waals surface area contributed by atoms with Crippen LogP contribution in [0.2, 0.25) is 0 Å². The second-order valence-corrected chi connectivity index (χ2v) is 7.03. The smallest absolute Gasteiger partial charge is 0.269 e. The minimum absolute atomic E-state index is 0.274. The van der Waals surface area contributed by atoms with Gasteiger partial charge in [-0.25, -0.2) is 0 Å². The molecule has 1 aromatic heterocycles. The number of nitrogens with zero attached hydrogens (tertiary/aromatic N) is 1. The van der Waals surface area contributed by atoms with Gasteiger partial charge >= 0.3 is 0 Å². The maximum atomic E-state index is 12.6. The fraction of sp³-hybridized carbons (Fsp3) is 0.111. The Morgan fingerprint density at radius 3 is 2.72 bits per heavy atom. The van der Waals surface area contributed by atoms with Crippen LogP contribution >= 0.6 is 23.6 Å². The summed E-state index contributed by atoms with van der Waals surface area (Å²) in [7, 11) is 1.59. The molecule has 7 heteroatoms. The van der Waals surface area contributed by atoms with Gasteiger partial charge in [-0.2, -0.15) is 0 Å². The number of nitrogen functional groups attached to an aromatic ring is 1. The second kappa shape index (κ2) is 7.08. The number of nitrogens with two attached hydrogens (primary N) is 1. The van der Waals surface area contributed by atoms with E-state index in [9.17, 15) is 4.79 Å². The highest BCUT2D eigenvalue weighted by Crippen LogP contribution is 2.29. The van der Waals surface area contributed by atoms with Crippen molar-refractivity contribution < 1.29 is 9.53 Å². The van der Waals surface area contributed by atoms with E-state index >= 15 is 0 Å². The number of hydrogen-bond donors (Lipinski definition) is 2. The Morgan fingerprint density at radius 1 is 1.24 bits per heavy atom. The van der Waals surface area contributed by atoms with Crippen LogP contribution in [0.25, 0.3) is 5.69 Å². The molecule has 1 amide bonds. The van der Waals surface area contributed by atoms with Gasteiger partial charge < -0.3 is 15.8 Å². The van der Waals surface area contributed by atoms with Crippen molar-refractivity contribution in [2.24, 2.45) is 0 Å². The number of thiazole rings is 1. The predicted octanol–water partition coefficient (Wildman–Crippen LogP) is 4.42. The van der Waals surface area contributed by atoms with Crippen molar-refractivity contribution in [1.29, 1.82) is 0 Å². The number of benzene rings is 2. The second-order valence-electron chi connectivity index (χ2n) is 5.39. The third-order valence-electron chi connectivity index (χ3n) is 3.76. The van der Waals surface area contributed by atoms with Crippen LogP contribution in [0.3, 0.4) is 0 Å². The molecule has 0 aliphatic carbocycles. The Morgan fingerprint density at radius 2 is 2.00 bits per heavy atom. The van der Waals surface area contributed by atoms with Crippen molar-refractivity contribution in [3.05, 3.63) is 62.9 Å². The molecule has 5 nitrogen and oxygen atoms in total. The van der Waals surface area contributed by atoms with E-state index < -0.39 is 0 Å². The van der Waals surface area contributed by atoms with Gasteiger partial charge in [0, 0.05) is 11.8 Å². The molecule has 0 unspecified atom stereocenters. The molecular formula is C18H17N3O2S2. The molecule has 0 bridgehead atoms. The van der Waals surface area contributed by atoms with E-state index in [-0.39, 0.29) is 5.91 Å². The largest absolute Gasteiger partial charge is 0.497 e. The molecule has 0 saturated heterocycles. The topological polar surface area (TPSA) is 69.3 Å². The first-order chi connectivity index (χ1) is 12.0. The number of ether oxygens (including phenoxy) is 1. The van der Waals surface area contributed by atoms with Gasteiger partial charge in [0.1, 0.15) is 16.4 Å². The Balaban J connectivity index is 1.98. The molecule has 3 aromatic rings. The molecule has 25 heavy (non-hydrogen) atoms. The van der Waals surface area contributed by atoms with Crippen molar-refractivity contribution in [3.63, 3.8) is 0 Å². The zero-order valence-corrected chi connectivity index (χ0v) is 15.4. The van der Waals surface area contributed by atoms with Gasteiger partial charge in [-0.05, 0) is 42.9 Å². The van der Waals surface area contributed by atoms with Gasteiger partial charge in [0.05, 0.1) is 12.8 Å². The normalized spacial score (nSPS) is 10.5. The number of hydrogen-bond acceptors (Lipinski definition) is 5. The molecule has 0 aliphatic rings.